The monoisotopic (exact) mass is 155 g/mol. The summed E-state index contributed by atoms with van der Waals surface area (Å²) in [5.74, 6) is -0.890. The van der Waals surface area contributed by atoms with Crippen LogP contribution < -0.4 is 11.1 Å². The van der Waals surface area contributed by atoms with Crippen LogP contribution in [0.15, 0.2) is 4.99 Å². The van der Waals surface area contributed by atoms with Gasteiger partial charge in [-0.1, -0.05) is 0 Å². The standard InChI is InChI=1S/C6H9N3O2/c1-3-4(5(7)10)2-8-6(11)9-3/h4H,2H2,1H3,(H2,7,10)(H,8,11). The summed E-state index contributed by atoms with van der Waals surface area (Å²) in [6, 6.07) is -0.403. The lowest BCUT2D eigenvalue weighted by molar-refractivity contribution is -0.119. The molecule has 1 atom stereocenters. The summed E-state index contributed by atoms with van der Waals surface area (Å²) in [6.45, 7) is 1.89. The van der Waals surface area contributed by atoms with Gasteiger partial charge in [-0.05, 0) is 6.92 Å². The lowest BCUT2D eigenvalue weighted by Crippen LogP contribution is -2.43. The third-order valence-corrected chi connectivity index (χ3v) is 1.58. The zero-order valence-corrected chi connectivity index (χ0v) is 6.13. The molecule has 1 heterocycles. The number of nitrogens with zero attached hydrogens (tertiary/aromatic N) is 1. The fraction of sp³-hybridized carbons (Fsp3) is 0.500. The number of rotatable bonds is 1. The van der Waals surface area contributed by atoms with Crippen LogP contribution in [0.5, 0.6) is 0 Å². The van der Waals surface area contributed by atoms with Crippen molar-refractivity contribution >= 4 is 17.6 Å². The number of nitrogens with two attached hydrogens (primary N) is 1. The fourth-order valence-electron chi connectivity index (χ4n) is 0.921. The van der Waals surface area contributed by atoms with E-state index in [-0.39, 0.29) is 6.54 Å². The van der Waals surface area contributed by atoms with Crippen LogP contribution in [0.1, 0.15) is 6.92 Å². The molecule has 0 aromatic rings. The van der Waals surface area contributed by atoms with E-state index in [1.165, 1.54) is 0 Å². The molecular weight excluding hydrogens is 146 g/mol. The Labute approximate surface area is 63.7 Å². The van der Waals surface area contributed by atoms with Gasteiger partial charge in [0.15, 0.2) is 0 Å². The van der Waals surface area contributed by atoms with Crippen molar-refractivity contribution in [2.75, 3.05) is 6.54 Å². The Hall–Kier alpha value is -1.39. The molecule has 0 radical (unpaired) electrons. The second-order valence-electron chi connectivity index (χ2n) is 2.39. The molecule has 0 saturated heterocycles. The number of amides is 3. The maximum Gasteiger partial charge on any atom is 0.340 e. The minimum absolute atomic E-state index is 0.267. The first kappa shape index (κ1) is 7.71. The average molecular weight is 155 g/mol. The Morgan fingerprint density at radius 1 is 1.82 bits per heavy atom. The first-order valence-electron chi connectivity index (χ1n) is 3.23. The molecule has 0 aromatic carbocycles. The van der Waals surface area contributed by atoms with Crippen LogP contribution in [0.3, 0.4) is 0 Å². The van der Waals surface area contributed by atoms with Gasteiger partial charge in [0.05, 0.1) is 5.92 Å². The summed E-state index contributed by atoms with van der Waals surface area (Å²) in [4.78, 5) is 24.8. The fourth-order valence-corrected chi connectivity index (χ4v) is 0.921. The molecular formula is C6H9N3O2. The minimum atomic E-state index is -0.453. The molecule has 1 unspecified atom stereocenters. The van der Waals surface area contributed by atoms with E-state index in [9.17, 15) is 9.59 Å². The third kappa shape index (κ3) is 1.54. The van der Waals surface area contributed by atoms with E-state index in [0.29, 0.717) is 5.71 Å². The first-order valence-corrected chi connectivity index (χ1v) is 3.23. The van der Waals surface area contributed by atoms with E-state index in [4.69, 9.17) is 5.73 Å². The number of primary amides is 1. The Morgan fingerprint density at radius 3 is 2.91 bits per heavy atom. The van der Waals surface area contributed by atoms with E-state index < -0.39 is 17.9 Å². The van der Waals surface area contributed by atoms with E-state index in [1.807, 2.05) is 0 Å². The van der Waals surface area contributed by atoms with E-state index in [2.05, 4.69) is 10.3 Å². The molecule has 0 bridgehead atoms. The maximum absolute atomic E-state index is 10.7. The highest BCUT2D eigenvalue weighted by Gasteiger charge is 2.23. The predicted octanol–water partition coefficient (Wildman–Crippen LogP) is -0.728. The molecule has 60 valence electrons. The van der Waals surface area contributed by atoms with Gasteiger partial charge in [0.2, 0.25) is 5.91 Å². The Balaban J connectivity index is 2.80. The number of aliphatic imine (C=N–C) groups is 1. The van der Waals surface area contributed by atoms with Crippen molar-refractivity contribution in [3.8, 4) is 0 Å². The molecule has 0 fully saturated rings. The molecule has 11 heavy (non-hydrogen) atoms. The van der Waals surface area contributed by atoms with E-state index in [1.54, 1.807) is 6.92 Å². The van der Waals surface area contributed by atoms with Crippen LogP contribution in [0.2, 0.25) is 0 Å². The number of carbonyl (C=O) groups excluding carboxylic acids is 2. The Kier molecular flexibility index (Phi) is 1.89. The van der Waals surface area contributed by atoms with Crippen LogP contribution in [-0.2, 0) is 4.79 Å². The molecule has 1 rings (SSSR count). The van der Waals surface area contributed by atoms with Crippen molar-refractivity contribution in [3.63, 3.8) is 0 Å². The molecule has 1 aliphatic rings. The molecule has 0 spiro atoms. The second-order valence-corrected chi connectivity index (χ2v) is 2.39. The number of carbonyl (C=O) groups is 2. The molecule has 5 heteroatoms. The maximum atomic E-state index is 10.7. The van der Waals surface area contributed by atoms with Gasteiger partial charge in [-0.25, -0.2) is 9.79 Å². The Bertz CT molecular complexity index is 234. The largest absolute Gasteiger partial charge is 0.369 e. The summed E-state index contributed by atoms with van der Waals surface area (Å²) in [5, 5.41) is 2.42. The normalized spacial score (nSPS) is 23.9. The number of urea groups is 1. The zero-order valence-electron chi connectivity index (χ0n) is 6.13. The molecule has 5 nitrogen and oxygen atoms in total. The van der Waals surface area contributed by atoms with Gasteiger partial charge < -0.3 is 11.1 Å². The van der Waals surface area contributed by atoms with Crippen LogP contribution in [-0.4, -0.2) is 24.2 Å². The van der Waals surface area contributed by atoms with Crippen molar-refractivity contribution in [1.82, 2.24) is 5.32 Å². The average Bonchev–Trinajstić information content (AvgIpc) is 1.85. The van der Waals surface area contributed by atoms with E-state index in [0.717, 1.165) is 0 Å². The van der Waals surface area contributed by atoms with Crippen LogP contribution in [0, 0.1) is 5.92 Å². The zero-order chi connectivity index (χ0) is 8.43. The molecule has 0 aliphatic carbocycles. The highest BCUT2D eigenvalue weighted by Crippen LogP contribution is 2.02. The van der Waals surface area contributed by atoms with E-state index >= 15 is 0 Å². The molecule has 0 aromatic heterocycles. The molecule has 1 aliphatic heterocycles. The van der Waals surface area contributed by atoms with Crippen molar-refractivity contribution in [3.05, 3.63) is 0 Å². The van der Waals surface area contributed by atoms with Gasteiger partial charge in [-0.2, -0.15) is 0 Å². The van der Waals surface area contributed by atoms with Crippen LogP contribution in [0.25, 0.3) is 0 Å². The first-order chi connectivity index (χ1) is 5.11. The van der Waals surface area contributed by atoms with Gasteiger partial charge >= 0.3 is 6.03 Å². The molecule has 3 N–H and O–H groups in total. The second kappa shape index (κ2) is 2.69. The number of nitrogens with one attached hydrogen (secondary N) is 1. The van der Waals surface area contributed by atoms with Crippen molar-refractivity contribution in [2.24, 2.45) is 16.6 Å². The van der Waals surface area contributed by atoms with Gasteiger partial charge in [0.1, 0.15) is 0 Å². The van der Waals surface area contributed by atoms with Crippen LogP contribution >= 0.6 is 0 Å². The lowest BCUT2D eigenvalue weighted by atomic mass is 10.0. The quantitative estimate of drug-likeness (QED) is 0.523. The minimum Gasteiger partial charge on any atom is -0.369 e. The van der Waals surface area contributed by atoms with Gasteiger partial charge in [-0.3, -0.25) is 4.79 Å². The lowest BCUT2D eigenvalue weighted by Gasteiger charge is -2.17. The van der Waals surface area contributed by atoms with Gasteiger partial charge in [0, 0.05) is 12.3 Å². The summed E-state index contributed by atoms with van der Waals surface area (Å²) in [5.41, 5.74) is 5.52. The van der Waals surface area contributed by atoms with Crippen molar-refractivity contribution < 1.29 is 9.59 Å². The summed E-state index contributed by atoms with van der Waals surface area (Å²) >= 11 is 0. The summed E-state index contributed by atoms with van der Waals surface area (Å²) in [6.07, 6.45) is 0. The molecule has 0 saturated carbocycles. The number of hydrogen-bond acceptors (Lipinski definition) is 2. The Morgan fingerprint density at radius 2 is 2.45 bits per heavy atom. The smallest absolute Gasteiger partial charge is 0.340 e. The van der Waals surface area contributed by atoms with Crippen molar-refractivity contribution in [1.29, 1.82) is 0 Å². The predicted molar refractivity (Wildman–Crippen MR) is 39.2 cm³/mol. The van der Waals surface area contributed by atoms with Crippen molar-refractivity contribution in [2.45, 2.75) is 6.92 Å². The number of hydrogen-bond donors (Lipinski definition) is 2. The third-order valence-electron chi connectivity index (χ3n) is 1.58. The SMILES string of the molecule is CC1=NC(=O)NCC1C(N)=O. The van der Waals surface area contributed by atoms with Crippen LogP contribution in [0.4, 0.5) is 4.79 Å². The summed E-state index contributed by atoms with van der Waals surface area (Å²) in [7, 11) is 0. The molecule has 3 amide bonds. The summed E-state index contributed by atoms with van der Waals surface area (Å²) < 4.78 is 0. The van der Waals surface area contributed by atoms with Gasteiger partial charge in [0.25, 0.3) is 0 Å². The highest BCUT2D eigenvalue weighted by molar-refractivity contribution is 6.08. The highest BCUT2D eigenvalue weighted by atomic mass is 16.2. The van der Waals surface area contributed by atoms with Gasteiger partial charge in [-0.15, -0.1) is 0 Å². The topological polar surface area (TPSA) is 84.6 Å².